The molecular formula is C14H27FO4. The summed E-state index contributed by atoms with van der Waals surface area (Å²) in [5, 5.41) is 18.5. The maximum Gasteiger partial charge on any atom is 0.321 e. The number of carboxylic acids is 2. The van der Waals surface area contributed by atoms with Crippen molar-refractivity contribution in [2.75, 3.05) is 0 Å². The van der Waals surface area contributed by atoms with Gasteiger partial charge in [0.25, 0.3) is 0 Å². The lowest BCUT2D eigenvalue weighted by Crippen LogP contribution is -2.39. The predicted molar refractivity (Wildman–Crippen MR) is 73.1 cm³/mol. The molecule has 0 bridgehead atoms. The second kappa shape index (κ2) is 10.8. The number of rotatable bonds is 11. The van der Waals surface area contributed by atoms with E-state index in [0.29, 0.717) is 12.8 Å². The smallest absolute Gasteiger partial charge is 0.321 e. The molecule has 0 fully saturated rings. The summed E-state index contributed by atoms with van der Waals surface area (Å²) in [5.41, 5.74) is -1.57. The molecule has 0 radical (unpaired) electrons. The number of hydrogen-bond donors (Lipinski definition) is 2. The zero-order chi connectivity index (χ0) is 14.0. The first-order valence-corrected chi connectivity index (χ1v) is 6.98. The summed E-state index contributed by atoms with van der Waals surface area (Å²) in [6, 6.07) is 0. The number of hydrogen-bond acceptors (Lipinski definition) is 2. The van der Waals surface area contributed by atoms with Gasteiger partial charge in [-0.3, -0.25) is 14.3 Å². The quantitative estimate of drug-likeness (QED) is 0.444. The molecule has 0 spiro atoms. The number of unbranched alkanes of at least 4 members (excludes halogenated alkanes) is 5. The molecule has 0 saturated carbocycles. The normalized spacial score (nSPS) is 10.8. The van der Waals surface area contributed by atoms with Crippen molar-refractivity contribution in [3.05, 3.63) is 0 Å². The molecule has 4 nitrogen and oxygen atoms in total. The minimum atomic E-state index is -1.57. The van der Waals surface area contributed by atoms with Crippen LogP contribution in [0.3, 0.4) is 0 Å². The van der Waals surface area contributed by atoms with Crippen LogP contribution in [-0.4, -0.2) is 22.2 Å². The van der Waals surface area contributed by atoms with Crippen LogP contribution < -0.4 is 0 Å². The van der Waals surface area contributed by atoms with Crippen LogP contribution in [0.5, 0.6) is 0 Å². The highest BCUT2D eigenvalue weighted by molar-refractivity contribution is 5.98. The van der Waals surface area contributed by atoms with Crippen molar-refractivity contribution in [3.8, 4) is 0 Å². The first-order valence-electron chi connectivity index (χ1n) is 6.98. The Labute approximate surface area is 114 Å². The Bertz CT molecular complexity index is 252. The fourth-order valence-corrected chi connectivity index (χ4v) is 2.17. The highest BCUT2D eigenvalue weighted by atomic mass is 19.0. The summed E-state index contributed by atoms with van der Waals surface area (Å²) >= 11 is 0. The van der Waals surface area contributed by atoms with Gasteiger partial charge in [0.1, 0.15) is 0 Å². The predicted octanol–water partition coefficient (Wildman–Crippen LogP) is 3.85. The Hall–Kier alpha value is -1.13. The highest BCUT2D eigenvalue weighted by Gasteiger charge is 2.45. The molecule has 0 saturated heterocycles. The van der Waals surface area contributed by atoms with Crippen molar-refractivity contribution in [1.29, 1.82) is 0 Å². The molecule has 0 aromatic heterocycles. The van der Waals surface area contributed by atoms with Crippen molar-refractivity contribution < 1.29 is 24.5 Å². The number of carboxylic acid groups (broad SMARTS) is 2. The summed E-state index contributed by atoms with van der Waals surface area (Å²) in [6.07, 6.45) is 6.70. The maximum atomic E-state index is 11.3. The van der Waals surface area contributed by atoms with E-state index in [1.54, 1.807) is 0 Å². The zero-order valence-corrected chi connectivity index (χ0v) is 12.0. The van der Waals surface area contributed by atoms with Crippen molar-refractivity contribution in [2.24, 2.45) is 5.41 Å². The van der Waals surface area contributed by atoms with Gasteiger partial charge in [0.15, 0.2) is 5.41 Å². The second-order valence-corrected chi connectivity index (χ2v) is 4.96. The van der Waals surface area contributed by atoms with E-state index in [4.69, 9.17) is 0 Å². The van der Waals surface area contributed by atoms with Crippen LogP contribution in [0.1, 0.15) is 71.6 Å². The van der Waals surface area contributed by atoms with Crippen LogP contribution in [0, 0.1) is 5.41 Å². The first-order chi connectivity index (χ1) is 8.51. The van der Waals surface area contributed by atoms with Crippen LogP contribution in [-0.2, 0) is 9.59 Å². The lowest BCUT2D eigenvalue weighted by Gasteiger charge is -2.24. The Morgan fingerprint density at radius 1 is 0.789 bits per heavy atom. The van der Waals surface area contributed by atoms with E-state index in [9.17, 15) is 19.8 Å². The average Bonchev–Trinajstić information content (AvgIpc) is 2.31. The van der Waals surface area contributed by atoms with Gasteiger partial charge < -0.3 is 10.2 Å². The summed E-state index contributed by atoms with van der Waals surface area (Å²) in [4.78, 5) is 22.7. The first kappa shape index (κ1) is 20.2. The third-order valence-electron chi connectivity index (χ3n) is 3.48. The molecule has 0 aliphatic rings. The van der Waals surface area contributed by atoms with Gasteiger partial charge >= 0.3 is 11.9 Å². The van der Waals surface area contributed by atoms with Crippen LogP contribution >= 0.6 is 0 Å². The van der Waals surface area contributed by atoms with E-state index in [2.05, 4.69) is 6.92 Å². The molecule has 5 heteroatoms. The van der Waals surface area contributed by atoms with Gasteiger partial charge in [0, 0.05) is 0 Å². The third-order valence-corrected chi connectivity index (χ3v) is 3.48. The van der Waals surface area contributed by atoms with Crippen LogP contribution in [0.25, 0.3) is 0 Å². The number of aliphatic carboxylic acids is 2. The summed E-state index contributed by atoms with van der Waals surface area (Å²) in [5.74, 6) is -2.36. The third kappa shape index (κ3) is 6.55. The van der Waals surface area contributed by atoms with Crippen LogP contribution in [0.4, 0.5) is 4.70 Å². The lowest BCUT2D eigenvalue weighted by atomic mass is 9.78. The largest absolute Gasteiger partial charge is 0.480 e. The number of carbonyl (C=O) groups is 2. The molecule has 0 rings (SSSR count). The van der Waals surface area contributed by atoms with E-state index in [1.807, 2.05) is 6.92 Å². The molecule has 114 valence electrons. The lowest BCUT2D eigenvalue weighted by molar-refractivity contribution is -0.166. The van der Waals surface area contributed by atoms with Gasteiger partial charge in [0.2, 0.25) is 0 Å². The molecule has 0 aliphatic carbocycles. The van der Waals surface area contributed by atoms with Crippen molar-refractivity contribution in [1.82, 2.24) is 0 Å². The Morgan fingerprint density at radius 3 is 1.53 bits per heavy atom. The van der Waals surface area contributed by atoms with E-state index >= 15 is 0 Å². The van der Waals surface area contributed by atoms with Gasteiger partial charge in [-0.05, 0) is 12.8 Å². The summed E-state index contributed by atoms with van der Waals surface area (Å²) in [6.45, 7) is 4.09. The molecule has 0 aliphatic heterocycles. The van der Waals surface area contributed by atoms with E-state index in [0.717, 1.165) is 32.1 Å². The molecule has 0 heterocycles. The molecule has 19 heavy (non-hydrogen) atoms. The van der Waals surface area contributed by atoms with E-state index in [-0.39, 0.29) is 17.5 Å². The van der Waals surface area contributed by atoms with E-state index in [1.165, 1.54) is 0 Å². The van der Waals surface area contributed by atoms with Crippen molar-refractivity contribution >= 4 is 11.9 Å². The maximum absolute atomic E-state index is 11.3. The van der Waals surface area contributed by atoms with Crippen molar-refractivity contribution in [2.45, 2.75) is 71.6 Å². The van der Waals surface area contributed by atoms with Crippen LogP contribution in [0.2, 0.25) is 0 Å². The van der Waals surface area contributed by atoms with Gasteiger partial charge in [-0.2, -0.15) is 0 Å². The van der Waals surface area contributed by atoms with E-state index < -0.39 is 17.4 Å². The molecule has 0 aromatic rings. The molecule has 0 amide bonds. The minimum Gasteiger partial charge on any atom is -0.480 e. The highest BCUT2D eigenvalue weighted by Crippen LogP contribution is 2.32. The van der Waals surface area contributed by atoms with Crippen LogP contribution in [0.15, 0.2) is 0 Å². The Morgan fingerprint density at radius 2 is 1.16 bits per heavy atom. The monoisotopic (exact) mass is 278 g/mol. The fourth-order valence-electron chi connectivity index (χ4n) is 2.17. The second-order valence-electron chi connectivity index (χ2n) is 4.96. The Balaban J connectivity index is 0. The Kier molecular flexibility index (Phi) is 11.4. The topological polar surface area (TPSA) is 74.6 Å². The van der Waals surface area contributed by atoms with Crippen molar-refractivity contribution in [3.63, 3.8) is 0 Å². The molecule has 0 aromatic carbocycles. The molecule has 0 unspecified atom stereocenters. The molecule has 2 N–H and O–H groups in total. The SMILES string of the molecule is CCCCCCC(CCCCC)(C(=O)O)C(=O)O.F. The minimum absolute atomic E-state index is 0. The summed E-state index contributed by atoms with van der Waals surface area (Å²) < 4.78 is 0. The fraction of sp³-hybridized carbons (Fsp3) is 0.857. The van der Waals surface area contributed by atoms with Gasteiger partial charge in [-0.25, -0.2) is 0 Å². The standard InChI is InChI=1S/C14H26O4.FH/c1-3-5-7-9-11-14(12(15)16,13(17)18)10-8-6-4-2;/h3-11H2,1-2H3,(H,15,16)(H,17,18);1H. The summed E-state index contributed by atoms with van der Waals surface area (Å²) in [7, 11) is 0. The average molecular weight is 278 g/mol. The van der Waals surface area contributed by atoms with Gasteiger partial charge in [0.05, 0.1) is 0 Å². The molecule has 0 atom stereocenters. The zero-order valence-electron chi connectivity index (χ0n) is 12.0. The number of halogens is 1. The molecular weight excluding hydrogens is 251 g/mol. The van der Waals surface area contributed by atoms with Gasteiger partial charge in [-0.15, -0.1) is 0 Å². The van der Waals surface area contributed by atoms with Gasteiger partial charge in [-0.1, -0.05) is 58.8 Å².